The van der Waals surface area contributed by atoms with Gasteiger partial charge in [-0.25, -0.2) is 0 Å². The zero-order valence-electron chi connectivity index (χ0n) is 12.3. The van der Waals surface area contributed by atoms with Crippen molar-refractivity contribution in [3.63, 3.8) is 0 Å². The first-order valence-corrected chi connectivity index (χ1v) is 7.44. The van der Waals surface area contributed by atoms with Crippen molar-refractivity contribution in [1.29, 1.82) is 0 Å². The molecule has 0 fully saturated rings. The van der Waals surface area contributed by atoms with E-state index in [9.17, 15) is 9.90 Å². The van der Waals surface area contributed by atoms with Gasteiger partial charge in [0, 0.05) is 5.92 Å². The van der Waals surface area contributed by atoms with Gasteiger partial charge in [-0.2, -0.15) is 0 Å². The highest BCUT2D eigenvalue weighted by molar-refractivity contribution is 5.67. The summed E-state index contributed by atoms with van der Waals surface area (Å²) in [5, 5.41) is 19.8. The topological polar surface area (TPSA) is 66.8 Å². The molecule has 1 aliphatic heterocycles. The number of fused-ring (bicyclic) bond motifs is 1. The van der Waals surface area contributed by atoms with E-state index in [0.29, 0.717) is 12.2 Å². The lowest BCUT2D eigenvalue weighted by Gasteiger charge is -2.38. The first-order valence-electron chi connectivity index (χ1n) is 7.44. The Hall–Kier alpha value is -1.81. The molecule has 1 aromatic rings. The molecule has 0 aliphatic carbocycles. The maximum absolute atomic E-state index is 11.1. The van der Waals surface area contributed by atoms with Crippen LogP contribution in [0.2, 0.25) is 0 Å². The normalized spacial score (nSPS) is 24.6. The van der Waals surface area contributed by atoms with E-state index in [1.807, 2.05) is 24.3 Å². The highest BCUT2D eigenvalue weighted by atomic mass is 16.6. The Kier molecular flexibility index (Phi) is 5.02. The van der Waals surface area contributed by atoms with Gasteiger partial charge in [0.25, 0.3) is 0 Å². The Bertz CT molecular complexity index is 523. The fourth-order valence-electron chi connectivity index (χ4n) is 2.62. The van der Waals surface area contributed by atoms with Gasteiger partial charge >= 0.3 is 5.97 Å². The van der Waals surface area contributed by atoms with Crippen molar-refractivity contribution >= 4 is 5.97 Å². The fraction of sp³-hybridized carbons (Fsp3) is 0.471. The summed E-state index contributed by atoms with van der Waals surface area (Å²) in [4.78, 5) is 11.1. The molecule has 1 aromatic carbocycles. The minimum absolute atomic E-state index is 0.122. The second-order valence-corrected chi connectivity index (χ2v) is 5.51. The number of carboxylic acids is 1. The van der Waals surface area contributed by atoms with E-state index in [0.717, 1.165) is 24.8 Å². The number of hydrogen-bond acceptors (Lipinski definition) is 3. The van der Waals surface area contributed by atoms with E-state index in [2.05, 4.69) is 6.92 Å². The molecule has 0 amide bonds. The molecular formula is C17H22O4. The molecular weight excluding hydrogens is 268 g/mol. The Morgan fingerprint density at radius 2 is 2.24 bits per heavy atom. The lowest BCUT2D eigenvalue weighted by Crippen LogP contribution is -2.46. The van der Waals surface area contributed by atoms with Gasteiger partial charge in [0.1, 0.15) is 5.75 Å². The highest BCUT2D eigenvalue weighted by Gasteiger charge is 2.42. The predicted octanol–water partition coefficient (Wildman–Crippen LogP) is 3.15. The minimum atomic E-state index is -1.54. The van der Waals surface area contributed by atoms with Gasteiger partial charge in [-0.15, -0.1) is 0 Å². The third-order valence-electron chi connectivity index (χ3n) is 3.80. The van der Waals surface area contributed by atoms with E-state index >= 15 is 0 Å². The van der Waals surface area contributed by atoms with Crippen LogP contribution < -0.4 is 4.74 Å². The Labute approximate surface area is 125 Å². The number of carboxylic acid groups (broad SMARTS) is 1. The lowest BCUT2D eigenvalue weighted by atomic mass is 9.85. The first kappa shape index (κ1) is 15.6. The van der Waals surface area contributed by atoms with Crippen LogP contribution in [0.3, 0.4) is 0 Å². The average molecular weight is 290 g/mol. The van der Waals surface area contributed by atoms with Gasteiger partial charge in [-0.3, -0.25) is 4.79 Å². The molecule has 114 valence electrons. The Morgan fingerprint density at radius 3 is 2.95 bits per heavy atom. The van der Waals surface area contributed by atoms with Crippen LogP contribution in [0.1, 0.15) is 38.2 Å². The van der Waals surface area contributed by atoms with Crippen molar-refractivity contribution in [2.75, 3.05) is 0 Å². The molecule has 0 aromatic heterocycles. The molecule has 2 unspecified atom stereocenters. The number of hydrogen-bond donors (Lipinski definition) is 2. The number of unbranched alkanes of at least 4 members (excludes halogenated alkanes) is 2. The third-order valence-corrected chi connectivity index (χ3v) is 3.80. The van der Waals surface area contributed by atoms with Gasteiger partial charge < -0.3 is 14.9 Å². The monoisotopic (exact) mass is 290 g/mol. The van der Waals surface area contributed by atoms with Gasteiger partial charge in [0.15, 0.2) is 0 Å². The highest BCUT2D eigenvalue weighted by Crippen LogP contribution is 2.38. The van der Waals surface area contributed by atoms with Crippen molar-refractivity contribution < 1.29 is 19.7 Å². The third kappa shape index (κ3) is 3.85. The van der Waals surface area contributed by atoms with Crippen molar-refractivity contribution in [3.8, 4) is 5.75 Å². The Balaban J connectivity index is 2.22. The number of aliphatic carboxylic acids is 1. The molecule has 2 rings (SSSR count). The fourth-order valence-corrected chi connectivity index (χ4v) is 2.62. The van der Waals surface area contributed by atoms with Crippen LogP contribution in [-0.4, -0.2) is 22.0 Å². The van der Waals surface area contributed by atoms with Crippen LogP contribution in [0.5, 0.6) is 5.75 Å². The SMILES string of the molecule is CCCCC=CC1(O)Oc2ccccc2CC1CC(=O)O. The molecule has 4 heteroatoms. The number of ether oxygens (including phenoxy) is 1. The molecule has 2 N–H and O–H groups in total. The maximum atomic E-state index is 11.1. The van der Waals surface area contributed by atoms with Crippen LogP contribution >= 0.6 is 0 Å². The summed E-state index contributed by atoms with van der Waals surface area (Å²) in [5.41, 5.74) is 0.940. The summed E-state index contributed by atoms with van der Waals surface area (Å²) in [6, 6.07) is 7.45. The summed E-state index contributed by atoms with van der Waals surface area (Å²) in [6.45, 7) is 2.10. The number of carbonyl (C=O) groups is 1. The molecule has 0 radical (unpaired) electrons. The molecule has 0 saturated heterocycles. The van der Waals surface area contributed by atoms with Crippen molar-refractivity contribution in [2.45, 2.75) is 44.8 Å². The van der Waals surface area contributed by atoms with Gasteiger partial charge in [-0.1, -0.05) is 44.0 Å². The molecule has 0 bridgehead atoms. The molecule has 4 nitrogen and oxygen atoms in total. The summed E-state index contributed by atoms with van der Waals surface area (Å²) >= 11 is 0. The average Bonchev–Trinajstić information content (AvgIpc) is 2.44. The quantitative estimate of drug-likeness (QED) is 0.624. The molecule has 1 aliphatic rings. The smallest absolute Gasteiger partial charge is 0.303 e. The van der Waals surface area contributed by atoms with Crippen LogP contribution in [0.4, 0.5) is 0 Å². The van der Waals surface area contributed by atoms with E-state index in [1.165, 1.54) is 0 Å². The molecule has 0 spiro atoms. The van der Waals surface area contributed by atoms with Crippen molar-refractivity contribution in [3.05, 3.63) is 42.0 Å². The van der Waals surface area contributed by atoms with Crippen molar-refractivity contribution in [2.24, 2.45) is 5.92 Å². The van der Waals surface area contributed by atoms with Gasteiger partial charge in [0.05, 0.1) is 6.42 Å². The second kappa shape index (κ2) is 6.76. The van der Waals surface area contributed by atoms with E-state index in [1.54, 1.807) is 12.1 Å². The number of benzene rings is 1. The number of para-hydroxylation sites is 1. The van der Waals surface area contributed by atoms with Crippen LogP contribution in [0.25, 0.3) is 0 Å². The number of aliphatic hydroxyl groups is 1. The van der Waals surface area contributed by atoms with E-state index in [-0.39, 0.29) is 6.42 Å². The molecule has 21 heavy (non-hydrogen) atoms. The van der Waals surface area contributed by atoms with Crippen molar-refractivity contribution in [1.82, 2.24) is 0 Å². The van der Waals surface area contributed by atoms with E-state index < -0.39 is 17.7 Å². The molecule has 1 heterocycles. The van der Waals surface area contributed by atoms with Crippen LogP contribution in [0.15, 0.2) is 36.4 Å². The minimum Gasteiger partial charge on any atom is -0.481 e. The first-order chi connectivity index (χ1) is 10.0. The largest absolute Gasteiger partial charge is 0.481 e. The maximum Gasteiger partial charge on any atom is 0.303 e. The second-order valence-electron chi connectivity index (χ2n) is 5.51. The van der Waals surface area contributed by atoms with Gasteiger partial charge in [-0.05, 0) is 30.5 Å². The summed E-state index contributed by atoms with van der Waals surface area (Å²) in [7, 11) is 0. The lowest BCUT2D eigenvalue weighted by molar-refractivity contribution is -0.162. The summed E-state index contributed by atoms with van der Waals surface area (Å²) in [6.07, 6.45) is 6.83. The standard InChI is InChI=1S/C17H22O4/c1-2-3-4-7-10-17(20)14(12-16(18)19)11-13-8-5-6-9-15(13)21-17/h5-10,14,20H,2-4,11-12H2,1H3,(H,18,19). The molecule has 0 saturated carbocycles. The van der Waals surface area contributed by atoms with Crippen LogP contribution in [0, 0.1) is 5.92 Å². The predicted molar refractivity (Wildman–Crippen MR) is 80.1 cm³/mol. The van der Waals surface area contributed by atoms with Gasteiger partial charge in [0.2, 0.25) is 5.79 Å². The summed E-state index contributed by atoms with van der Waals surface area (Å²) in [5.74, 6) is -2.33. The zero-order valence-corrected chi connectivity index (χ0v) is 12.3. The Morgan fingerprint density at radius 1 is 1.48 bits per heavy atom. The zero-order chi connectivity index (χ0) is 15.3. The molecule has 2 atom stereocenters. The van der Waals surface area contributed by atoms with E-state index in [4.69, 9.17) is 9.84 Å². The number of allylic oxidation sites excluding steroid dienone is 1. The van der Waals surface area contributed by atoms with Crippen LogP contribution in [-0.2, 0) is 11.2 Å². The summed E-state index contributed by atoms with van der Waals surface area (Å²) < 4.78 is 5.72. The number of rotatable bonds is 6.